The molecule has 1 heterocycles. The SMILES string of the molecule is CCN(C(C)=O)c1nc(CNC2CCCC2C#N)cs1. The molecule has 2 rings (SSSR count). The summed E-state index contributed by atoms with van der Waals surface area (Å²) in [5, 5.41) is 15.2. The smallest absolute Gasteiger partial charge is 0.225 e. The van der Waals surface area contributed by atoms with Crippen LogP contribution >= 0.6 is 11.3 Å². The number of anilines is 1. The highest BCUT2D eigenvalue weighted by Gasteiger charge is 2.26. The molecule has 0 bridgehead atoms. The number of hydrogen-bond acceptors (Lipinski definition) is 5. The molecular weight excluding hydrogens is 272 g/mol. The second-order valence-electron chi connectivity index (χ2n) is 5.04. The maximum Gasteiger partial charge on any atom is 0.225 e. The number of thiazole rings is 1. The molecule has 0 aliphatic heterocycles. The average molecular weight is 292 g/mol. The second kappa shape index (κ2) is 6.82. The number of rotatable bonds is 5. The highest BCUT2D eigenvalue weighted by molar-refractivity contribution is 7.14. The first-order valence-electron chi connectivity index (χ1n) is 7.01. The Balaban J connectivity index is 1.93. The summed E-state index contributed by atoms with van der Waals surface area (Å²) in [6.45, 7) is 4.79. The van der Waals surface area contributed by atoms with E-state index < -0.39 is 0 Å². The van der Waals surface area contributed by atoms with E-state index >= 15 is 0 Å². The fraction of sp³-hybridized carbons (Fsp3) is 0.643. The molecule has 1 amide bonds. The van der Waals surface area contributed by atoms with Gasteiger partial charge < -0.3 is 5.32 Å². The van der Waals surface area contributed by atoms with Crippen LogP contribution in [0.15, 0.2) is 5.38 Å². The largest absolute Gasteiger partial charge is 0.307 e. The Morgan fingerprint density at radius 3 is 3.10 bits per heavy atom. The van der Waals surface area contributed by atoms with Crippen LogP contribution in [-0.2, 0) is 11.3 Å². The number of nitriles is 1. The van der Waals surface area contributed by atoms with Gasteiger partial charge in [-0.15, -0.1) is 11.3 Å². The van der Waals surface area contributed by atoms with Gasteiger partial charge in [0.2, 0.25) is 5.91 Å². The van der Waals surface area contributed by atoms with Gasteiger partial charge in [-0.05, 0) is 19.8 Å². The number of amides is 1. The Morgan fingerprint density at radius 2 is 2.45 bits per heavy atom. The van der Waals surface area contributed by atoms with Crippen molar-refractivity contribution in [1.82, 2.24) is 10.3 Å². The summed E-state index contributed by atoms with van der Waals surface area (Å²) in [4.78, 5) is 17.6. The Hall–Kier alpha value is -1.45. The predicted molar refractivity (Wildman–Crippen MR) is 79.4 cm³/mol. The van der Waals surface area contributed by atoms with Gasteiger partial charge in [0, 0.05) is 31.4 Å². The number of hydrogen-bond donors (Lipinski definition) is 1. The fourth-order valence-electron chi connectivity index (χ4n) is 2.59. The van der Waals surface area contributed by atoms with Gasteiger partial charge in [-0.1, -0.05) is 6.42 Å². The Morgan fingerprint density at radius 1 is 1.65 bits per heavy atom. The van der Waals surface area contributed by atoms with Gasteiger partial charge in [-0.25, -0.2) is 4.98 Å². The number of nitrogens with one attached hydrogen (secondary N) is 1. The standard InChI is InChI=1S/C14H20N4OS/c1-3-18(10(2)19)14-17-12(9-20-14)8-16-13-6-4-5-11(13)7-15/h9,11,13,16H,3-6,8H2,1-2H3. The summed E-state index contributed by atoms with van der Waals surface area (Å²) < 4.78 is 0. The average Bonchev–Trinajstić information content (AvgIpc) is 3.05. The van der Waals surface area contributed by atoms with Crippen LogP contribution in [0.2, 0.25) is 0 Å². The third-order valence-electron chi connectivity index (χ3n) is 3.69. The zero-order valence-electron chi connectivity index (χ0n) is 11.9. The van der Waals surface area contributed by atoms with E-state index in [4.69, 9.17) is 5.26 Å². The summed E-state index contributed by atoms with van der Waals surface area (Å²) in [6, 6.07) is 2.64. The number of carbonyl (C=O) groups excluding carboxylic acids is 1. The van der Waals surface area contributed by atoms with Crippen LogP contribution < -0.4 is 10.2 Å². The minimum Gasteiger partial charge on any atom is -0.307 e. The molecule has 1 N–H and O–H groups in total. The van der Waals surface area contributed by atoms with Crippen LogP contribution in [0.25, 0.3) is 0 Å². The molecule has 2 unspecified atom stereocenters. The van der Waals surface area contributed by atoms with Crippen molar-refractivity contribution in [3.63, 3.8) is 0 Å². The van der Waals surface area contributed by atoms with Gasteiger partial charge in [-0.2, -0.15) is 5.26 Å². The zero-order chi connectivity index (χ0) is 14.5. The van der Waals surface area contributed by atoms with Crippen LogP contribution in [0.4, 0.5) is 5.13 Å². The third-order valence-corrected chi connectivity index (χ3v) is 4.61. The lowest BCUT2D eigenvalue weighted by Crippen LogP contribution is -2.31. The minimum absolute atomic E-state index is 0.0155. The first-order chi connectivity index (χ1) is 9.65. The van der Waals surface area contributed by atoms with E-state index in [9.17, 15) is 4.79 Å². The van der Waals surface area contributed by atoms with Crippen LogP contribution in [0, 0.1) is 17.2 Å². The molecule has 1 aromatic heterocycles. The fourth-order valence-corrected chi connectivity index (χ4v) is 3.52. The van der Waals surface area contributed by atoms with Crippen LogP contribution in [0.1, 0.15) is 38.8 Å². The van der Waals surface area contributed by atoms with Crippen molar-refractivity contribution in [1.29, 1.82) is 5.26 Å². The molecule has 2 atom stereocenters. The highest BCUT2D eigenvalue weighted by Crippen LogP contribution is 2.26. The molecule has 108 valence electrons. The third kappa shape index (κ3) is 3.35. The van der Waals surface area contributed by atoms with E-state index in [1.165, 1.54) is 11.3 Å². The van der Waals surface area contributed by atoms with E-state index in [1.54, 1.807) is 11.8 Å². The topological polar surface area (TPSA) is 69.0 Å². The molecule has 1 aliphatic rings. The normalized spacial score (nSPS) is 21.6. The molecule has 1 aromatic rings. The summed E-state index contributed by atoms with van der Waals surface area (Å²) in [5.74, 6) is 0.138. The van der Waals surface area contributed by atoms with E-state index in [0.29, 0.717) is 13.1 Å². The number of carbonyl (C=O) groups is 1. The quantitative estimate of drug-likeness (QED) is 0.904. The van der Waals surface area contributed by atoms with Gasteiger partial charge in [0.1, 0.15) is 0 Å². The van der Waals surface area contributed by atoms with Crippen molar-refractivity contribution in [2.75, 3.05) is 11.4 Å². The van der Waals surface area contributed by atoms with Crippen LogP contribution in [0.3, 0.4) is 0 Å². The zero-order valence-corrected chi connectivity index (χ0v) is 12.7. The van der Waals surface area contributed by atoms with Crippen molar-refractivity contribution in [2.24, 2.45) is 5.92 Å². The van der Waals surface area contributed by atoms with Gasteiger partial charge in [-0.3, -0.25) is 9.69 Å². The molecule has 0 radical (unpaired) electrons. The van der Waals surface area contributed by atoms with E-state index in [-0.39, 0.29) is 17.9 Å². The van der Waals surface area contributed by atoms with Gasteiger partial charge in [0.25, 0.3) is 0 Å². The molecular formula is C14H20N4OS. The Bertz CT molecular complexity index is 508. The Kier molecular flexibility index (Phi) is 5.10. The minimum atomic E-state index is 0.0155. The first kappa shape index (κ1) is 14.9. The molecule has 1 saturated carbocycles. The summed E-state index contributed by atoms with van der Waals surface area (Å²) >= 11 is 1.49. The van der Waals surface area contributed by atoms with Crippen molar-refractivity contribution < 1.29 is 4.79 Å². The number of nitrogens with zero attached hydrogens (tertiary/aromatic N) is 3. The van der Waals surface area contributed by atoms with Crippen molar-refractivity contribution in [3.05, 3.63) is 11.1 Å². The summed E-state index contributed by atoms with van der Waals surface area (Å²) in [6.07, 6.45) is 3.17. The summed E-state index contributed by atoms with van der Waals surface area (Å²) in [5.41, 5.74) is 0.938. The first-order valence-corrected chi connectivity index (χ1v) is 7.89. The van der Waals surface area contributed by atoms with Gasteiger partial charge >= 0.3 is 0 Å². The molecule has 0 aromatic carbocycles. The van der Waals surface area contributed by atoms with Gasteiger partial charge in [0.05, 0.1) is 17.7 Å². The molecule has 0 spiro atoms. The predicted octanol–water partition coefficient (Wildman–Crippen LogP) is 2.30. The summed E-state index contributed by atoms with van der Waals surface area (Å²) in [7, 11) is 0. The number of aromatic nitrogens is 1. The highest BCUT2D eigenvalue weighted by atomic mass is 32.1. The van der Waals surface area contributed by atoms with Crippen molar-refractivity contribution in [3.8, 4) is 6.07 Å². The molecule has 0 saturated heterocycles. The molecule has 6 heteroatoms. The van der Waals surface area contributed by atoms with Crippen LogP contribution in [0.5, 0.6) is 0 Å². The van der Waals surface area contributed by atoms with E-state index in [0.717, 1.165) is 30.1 Å². The molecule has 1 aliphatic carbocycles. The van der Waals surface area contributed by atoms with E-state index in [2.05, 4.69) is 16.4 Å². The maximum atomic E-state index is 11.5. The molecule has 1 fully saturated rings. The second-order valence-corrected chi connectivity index (χ2v) is 5.88. The van der Waals surface area contributed by atoms with Crippen molar-refractivity contribution >= 4 is 22.4 Å². The van der Waals surface area contributed by atoms with Gasteiger partial charge in [0.15, 0.2) is 5.13 Å². The monoisotopic (exact) mass is 292 g/mol. The maximum absolute atomic E-state index is 11.5. The lowest BCUT2D eigenvalue weighted by atomic mass is 10.1. The lowest BCUT2D eigenvalue weighted by molar-refractivity contribution is -0.116. The lowest BCUT2D eigenvalue weighted by Gasteiger charge is -2.15. The molecule has 5 nitrogen and oxygen atoms in total. The Labute approximate surface area is 123 Å². The van der Waals surface area contributed by atoms with Crippen LogP contribution in [-0.4, -0.2) is 23.5 Å². The van der Waals surface area contributed by atoms with Crippen molar-refractivity contribution in [2.45, 2.75) is 45.7 Å². The van der Waals surface area contributed by atoms with E-state index in [1.807, 2.05) is 12.3 Å². The molecule has 20 heavy (non-hydrogen) atoms.